The Kier molecular flexibility index (Phi) is 2.73. The van der Waals surface area contributed by atoms with Gasteiger partial charge < -0.3 is 11.5 Å². The van der Waals surface area contributed by atoms with Gasteiger partial charge in [-0.2, -0.15) is 0 Å². The van der Waals surface area contributed by atoms with Crippen molar-refractivity contribution >= 4 is 11.6 Å². The molecule has 0 bridgehead atoms. The molecule has 14 heavy (non-hydrogen) atoms. The summed E-state index contributed by atoms with van der Waals surface area (Å²) in [6.45, 7) is 1.54. The molecule has 4 N–H and O–H groups in total. The monoisotopic (exact) mass is 192 g/mol. The van der Waals surface area contributed by atoms with Gasteiger partial charge in [-0.25, -0.2) is 4.39 Å². The second-order valence-electron chi connectivity index (χ2n) is 2.76. The molecule has 4 heteroatoms. The Bertz CT molecular complexity index is 443. The van der Waals surface area contributed by atoms with Crippen LogP contribution < -0.4 is 11.5 Å². The molecule has 3 nitrogen and oxygen atoms in total. The number of rotatable bonds is 0. The molecule has 0 heterocycles. The van der Waals surface area contributed by atoms with Crippen LogP contribution >= 0.6 is 0 Å². The maximum absolute atomic E-state index is 13.4. The molecule has 0 aliphatic rings. The highest BCUT2D eigenvalue weighted by atomic mass is 19.1. The van der Waals surface area contributed by atoms with Crippen LogP contribution in [0.4, 0.5) is 10.1 Å². The third kappa shape index (κ3) is 2.02. The number of halogens is 1. The summed E-state index contributed by atoms with van der Waals surface area (Å²) >= 11 is 0. The molecule has 0 radical (unpaired) electrons. The van der Waals surface area contributed by atoms with Gasteiger partial charge in [0.2, 0.25) is 0 Å². The maximum Gasteiger partial charge on any atom is 0.293 e. The first-order valence-electron chi connectivity index (χ1n) is 3.88. The van der Waals surface area contributed by atoms with Gasteiger partial charge in [-0.15, -0.1) is 0 Å². The normalized spacial score (nSPS) is 9.00. The number of primary amides is 1. The quantitative estimate of drug-likeness (QED) is 0.465. The summed E-state index contributed by atoms with van der Waals surface area (Å²) in [5, 5.41) is 0. The topological polar surface area (TPSA) is 69.1 Å². The van der Waals surface area contributed by atoms with Gasteiger partial charge in [0, 0.05) is 17.2 Å². The molecule has 0 unspecified atom stereocenters. The smallest absolute Gasteiger partial charge is 0.293 e. The van der Waals surface area contributed by atoms with Crippen molar-refractivity contribution in [2.75, 3.05) is 5.73 Å². The molecule has 72 valence electrons. The van der Waals surface area contributed by atoms with Crippen molar-refractivity contribution in [3.8, 4) is 11.8 Å². The van der Waals surface area contributed by atoms with Crippen LogP contribution in [0.2, 0.25) is 0 Å². The summed E-state index contributed by atoms with van der Waals surface area (Å²) < 4.78 is 13.4. The zero-order chi connectivity index (χ0) is 10.7. The van der Waals surface area contributed by atoms with E-state index < -0.39 is 11.7 Å². The number of benzene rings is 1. The predicted molar refractivity (Wildman–Crippen MR) is 51.6 cm³/mol. The SMILES string of the molecule is Cc1c(N)ccc(C#CC(N)=O)c1F. The number of nitrogen functional groups attached to an aromatic ring is 1. The third-order valence-corrected chi connectivity index (χ3v) is 1.75. The largest absolute Gasteiger partial charge is 0.398 e. The Morgan fingerprint density at radius 3 is 2.71 bits per heavy atom. The Morgan fingerprint density at radius 2 is 2.14 bits per heavy atom. The van der Waals surface area contributed by atoms with Gasteiger partial charge in [0.1, 0.15) is 5.82 Å². The van der Waals surface area contributed by atoms with Gasteiger partial charge in [-0.3, -0.25) is 4.79 Å². The molecule has 1 rings (SSSR count). The second-order valence-corrected chi connectivity index (χ2v) is 2.76. The summed E-state index contributed by atoms with van der Waals surface area (Å²) in [7, 11) is 0. The lowest BCUT2D eigenvalue weighted by Crippen LogP contribution is -2.06. The molecule has 1 aromatic rings. The van der Waals surface area contributed by atoms with E-state index in [9.17, 15) is 9.18 Å². The van der Waals surface area contributed by atoms with Crippen LogP contribution in [-0.4, -0.2) is 5.91 Å². The maximum atomic E-state index is 13.4. The van der Waals surface area contributed by atoms with E-state index >= 15 is 0 Å². The summed E-state index contributed by atoms with van der Waals surface area (Å²) in [4.78, 5) is 10.3. The zero-order valence-electron chi connectivity index (χ0n) is 7.60. The summed E-state index contributed by atoms with van der Waals surface area (Å²) in [5.74, 6) is 3.07. The van der Waals surface area contributed by atoms with Crippen molar-refractivity contribution in [2.45, 2.75) is 6.92 Å². The molecular formula is C10H9FN2O. The van der Waals surface area contributed by atoms with Crippen LogP contribution in [-0.2, 0) is 4.79 Å². The minimum Gasteiger partial charge on any atom is -0.398 e. The molecular weight excluding hydrogens is 183 g/mol. The fraction of sp³-hybridized carbons (Fsp3) is 0.100. The molecule has 1 amide bonds. The van der Waals surface area contributed by atoms with Crippen LogP contribution in [0.5, 0.6) is 0 Å². The lowest BCUT2D eigenvalue weighted by Gasteiger charge is -2.02. The molecule has 0 spiro atoms. The van der Waals surface area contributed by atoms with E-state index in [2.05, 4.69) is 11.8 Å². The Labute approximate surface area is 80.9 Å². The third-order valence-electron chi connectivity index (χ3n) is 1.75. The van der Waals surface area contributed by atoms with E-state index in [-0.39, 0.29) is 5.56 Å². The standard InChI is InChI=1S/C10H9FN2O/c1-6-8(12)4-2-7(10(6)11)3-5-9(13)14/h2,4H,12H2,1H3,(H2,13,14). The molecule has 0 aromatic heterocycles. The lowest BCUT2D eigenvalue weighted by molar-refractivity contribution is -0.112. The van der Waals surface area contributed by atoms with Gasteiger partial charge in [0.15, 0.2) is 0 Å². The molecule has 0 atom stereocenters. The molecule has 0 saturated heterocycles. The molecule has 0 aliphatic carbocycles. The van der Waals surface area contributed by atoms with E-state index in [1.54, 1.807) is 6.92 Å². The van der Waals surface area contributed by atoms with E-state index in [4.69, 9.17) is 11.5 Å². The van der Waals surface area contributed by atoms with Gasteiger partial charge in [0.25, 0.3) is 5.91 Å². The molecule has 1 aromatic carbocycles. The molecule has 0 saturated carbocycles. The highest BCUT2D eigenvalue weighted by Crippen LogP contribution is 2.17. The minimum absolute atomic E-state index is 0.121. The van der Waals surface area contributed by atoms with Gasteiger partial charge in [-0.05, 0) is 19.1 Å². The van der Waals surface area contributed by atoms with Crippen LogP contribution in [0.1, 0.15) is 11.1 Å². The number of nitrogens with two attached hydrogens (primary N) is 2. The number of carbonyl (C=O) groups excluding carboxylic acids is 1. The predicted octanol–water partition coefficient (Wildman–Crippen LogP) is 0.553. The average Bonchev–Trinajstić information content (AvgIpc) is 2.13. The van der Waals surface area contributed by atoms with Gasteiger partial charge in [0.05, 0.1) is 5.56 Å². The van der Waals surface area contributed by atoms with Crippen LogP contribution in [0.25, 0.3) is 0 Å². The number of carbonyl (C=O) groups is 1. The molecule has 0 fully saturated rings. The van der Waals surface area contributed by atoms with Crippen molar-refractivity contribution in [3.05, 3.63) is 29.1 Å². The summed E-state index contributed by atoms with van der Waals surface area (Å²) in [5.41, 5.74) is 11.1. The Balaban J connectivity index is 3.20. The van der Waals surface area contributed by atoms with Crippen molar-refractivity contribution < 1.29 is 9.18 Å². The van der Waals surface area contributed by atoms with E-state index in [0.717, 1.165) is 0 Å². The fourth-order valence-corrected chi connectivity index (χ4v) is 0.925. The first-order chi connectivity index (χ1) is 6.52. The number of amides is 1. The number of hydrogen-bond acceptors (Lipinski definition) is 2. The Morgan fingerprint density at radius 1 is 1.50 bits per heavy atom. The van der Waals surface area contributed by atoms with Crippen LogP contribution in [0.15, 0.2) is 12.1 Å². The van der Waals surface area contributed by atoms with Crippen LogP contribution in [0.3, 0.4) is 0 Å². The van der Waals surface area contributed by atoms with Crippen molar-refractivity contribution in [2.24, 2.45) is 5.73 Å². The summed E-state index contributed by atoms with van der Waals surface area (Å²) in [6.07, 6.45) is 0. The van der Waals surface area contributed by atoms with Gasteiger partial charge in [-0.1, -0.05) is 5.92 Å². The van der Waals surface area contributed by atoms with Crippen molar-refractivity contribution in [1.82, 2.24) is 0 Å². The highest BCUT2D eigenvalue weighted by molar-refractivity contribution is 5.92. The van der Waals surface area contributed by atoms with Crippen LogP contribution in [0, 0.1) is 24.6 Å². The first-order valence-corrected chi connectivity index (χ1v) is 3.88. The lowest BCUT2D eigenvalue weighted by atomic mass is 10.1. The van der Waals surface area contributed by atoms with E-state index in [1.807, 2.05) is 0 Å². The number of hydrogen-bond donors (Lipinski definition) is 2. The van der Waals surface area contributed by atoms with E-state index in [1.165, 1.54) is 12.1 Å². The number of anilines is 1. The van der Waals surface area contributed by atoms with Gasteiger partial charge >= 0.3 is 0 Å². The van der Waals surface area contributed by atoms with E-state index in [0.29, 0.717) is 11.3 Å². The highest BCUT2D eigenvalue weighted by Gasteiger charge is 2.05. The summed E-state index contributed by atoms with van der Waals surface area (Å²) in [6, 6.07) is 2.94. The second kappa shape index (κ2) is 3.79. The first kappa shape index (κ1) is 10.1. The van der Waals surface area contributed by atoms with Crippen molar-refractivity contribution in [1.29, 1.82) is 0 Å². The Hall–Kier alpha value is -2.02. The fourth-order valence-electron chi connectivity index (χ4n) is 0.925. The average molecular weight is 192 g/mol. The van der Waals surface area contributed by atoms with Crippen molar-refractivity contribution in [3.63, 3.8) is 0 Å². The molecule has 0 aliphatic heterocycles. The zero-order valence-corrected chi connectivity index (χ0v) is 7.60. The minimum atomic E-state index is -0.793.